The average Bonchev–Trinajstić information content (AvgIpc) is 2.40. The van der Waals surface area contributed by atoms with E-state index in [9.17, 15) is 0 Å². The summed E-state index contributed by atoms with van der Waals surface area (Å²) in [6, 6.07) is 0. The van der Waals surface area contributed by atoms with Crippen LogP contribution < -0.4 is 10.6 Å². The van der Waals surface area contributed by atoms with Crippen LogP contribution in [0.25, 0.3) is 0 Å². The van der Waals surface area contributed by atoms with Crippen LogP contribution in [0.3, 0.4) is 0 Å². The van der Waals surface area contributed by atoms with Gasteiger partial charge in [0.05, 0.1) is 0 Å². The first-order valence-electron chi connectivity index (χ1n) is 8.06. The Morgan fingerprint density at radius 2 is 2.05 bits per heavy atom. The van der Waals surface area contributed by atoms with Crippen LogP contribution in [-0.2, 0) is 0 Å². The predicted octanol–water partition coefficient (Wildman–Crippen LogP) is 0.459. The van der Waals surface area contributed by atoms with Gasteiger partial charge in [-0.1, -0.05) is 6.92 Å². The molecule has 2 heterocycles. The van der Waals surface area contributed by atoms with Crippen molar-refractivity contribution in [3.05, 3.63) is 0 Å². The van der Waals surface area contributed by atoms with Gasteiger partial charge in [-0.3, -0.25) is 0 Å². The monoisotopic (exact) mass is 268 g/mol. The van der Waals surface area contributed by atoms with Gasteiger partial charge in [0.1, 0.15) is 0 Å². The van der Waals surface area contributed by atoms with Crippen molar-refractivity contribution >= 4 is 0 Å². The molecule has 0 amide bonds. The Labute approximate surface area is 118 Å². The van der Waals surface area contributed by atoms with Gasteiger partial charge >= 0.3 is 0 Å². The molecule has 4 heteroatoms. The first-order chi connectivity index (χ1) is 9.24. The number of nitrogens with one attached hydrogen (secondary N) is 2. The third-order valence-electron chi connectivity index (χ3n) is 4.43. The summed E-state index contributed by atoms with van der Waals surface area (Å²) >= 11 is 0. The quantitative estimate of drug-likeness (QED) is 0.733. The first-order valence-corrected chi connectivity index (χ1v) is 8.06. The topological polar surface area (TPSA) is 30.5 Å². The molecule has 2 N–H and O–H groups in total. The molecule has 2 saturated heterocycles. The lowest BCUT2D eigenvalue weighted by molar-refractivity contribution is 0.194. The minimum atomic E-state index is 0.763. The van der Waals surface area contributed by atoms with E-state index in [1.54, 1.807) is 0 Å². The lowest BCUT2D eigenvalue weighted by Gasteiger charge is -2.31. The summed E-state index contributed by atoms with van der Waals surface area (Å²) in [5.41, 5.74) is 0. The predicted molar refractivity (Wildman–Crippen MR) is 81.6 cm³/mol. The van der Waals surface area contributed by atoms with Gasteiger partial charge in [-0.05, 0) is 51.4 Å². The van der Waals surface area contributed by atoms with Gasteiger partial charge in [-0.15, -0.1) is 0 Å². The van der Waals surface area contributed by atoms with Crippen molar-refractivity contribution in [1.29, 1.82) is 0 Å². The fourth-order valence-corrected chi connectivity index (χ4v) is 3.37. The van der Waals surface area contributed by atoms with Gasteiger partial charge in [-0.25, -0.2) is 0 Å². The van der Waals surface area contributed by atoms with Gasteiger partial charge in [0.25, 0.3) is 0 Å². The molecular weight excluding hydrogens is 236 g/mol. The third kappa shape index (κ3) is 5.78. The van der Waals surface area contributed by atoms with Crippen molar-refractivity contribution in [2.75, 3.05) is 66.0 Å². The molecule has 0 radical (unpaired) electrons. The molecule has 2 aliphatic rings. The molecular formula is C15H32N4. The first kappa shape index (κ1) is 15.2. The van der Waals surface area contributed by atoms with Crippen LogP contribution in [0.4, 0.5) is 0 Å². The Hall–Kier alpha value is -0.160. The molecule has 112 valence electrons. The highest BCUT2D eigenvalue weighted by Crippen LogP contribution is 2.13. The molecule has 19 heavy (non-hydrogen) atoms. The summed E-state index contributed by atoms with van der Waals surface area (Å²) in [4.78, 5) is 5.07. The zero-order valence-electron chi connectivity index (χ0n) is 12.8. The molecule has 0 aliphatic carbocycles. The van der Waals surface area contributed by atoms with E-state index in [2.05, 4.69) is 34.4 Å². The summed E-state index contributed by atoms with van der Waals surface area (Å²) < 4.78 is 0. The number of rotatable bonds is 6. The number of piperidine rings is 1. The van der Waals surface area contributed by atoms with Gasteiger partial charge in [-0.2, -0.15) is 0 Å². The van der Waals surface area contributed by atoms with Gasteiger partial charge in [0, 0.05) is 39.3 Å². The van der Waals surface area contributed by atoms with E-state index < -0.39 is 0 Å². The van der Waals surface area contributed by atoms with Crippen molar-refractivity contribution in [3.63, 3.8) is 0 Å². The highest BCUT2D eigenvalue weighted by atomic mass is 15.2. The van der Waals surface area contributed by atoms with Crippen molar-refractivity contribution in [3.8, 4) is 0 Å². The van der Waals surface area contributed by atoms with Crippen LogP contribution >= 0.6 is 0 Å². The van der Waals surface area contributed by atoms with Crippen molar-refractivity contribution in [2.45, 2.75) is 19.8 Å². The van der Waals surface area contributed by atoms with Crippen molar-refractivity contribution in [2.24, 2.45) is 11.8 Å². The van der Waals surface area contributed by atoms with Crippen LogP contribution in [0.15, 0.2) is 0 Å². The second-order valence-corrected chi connectivity index (χ2v) is 6.58. The van der Waals surface area contributed by atoms with E-state index >= 15 is 0 Å². The fourth-order valence-electron chi connectivity index (χ4n) is 3.37. The summed E-state index contributed by atoms with van der Waals surface area (Å²) in [5, 5.41) is 7.11. The minimum Gasteiger partial charge on any atom is -0.316 e. The zero-order valence-corrected chi connectivity index (χ0v) is 12.8. The molecule has 0 aromatic rings. The second-order valence-electron chi connectivity index (χ2n) is 6.58. The van der Waals surface area contributed by atoms with E-state index in [-0.39, 0.29) is 0 Å². The molecule has 0 aromatic carbocycles. The van der Waals surface area contributed by atoms with E-state index in [1.165, 1.54) is 58.7 Å². The molecule has 2 fully saturated rings. The Balaban J connectivity index is 1.54. The Kier molecular flexibility index (Phi) is 6.57. The Bertz CT molecular complexity index is 240. The van der Waals surface area contributed by atoms with Crippen LogP contribution in [0, 0.1) is 11.8 Å². The molecule has 0 spiro atoms. The highest BCUT2D eigenvalue weighted by Gasteiger charge is 2.17. The highest BCUT2D eigenvalue weighted by molar-refractivity contribution is 4.74. The smallest absolute Gasteiger partial charge is 0.0107 e. The number of nitrogens with zero attached hydrogens (tertiary/aromatic N) is 2. The molecule has 2 atom stereocenters. The normalized spacial score (nSPS) is 28.4. The van der Waals surface area contributed by atoms with Gasteiger partial charge in [0.15, 0.2) is 0 Å². The third-order valence-corrected chi connectivity index (χ3v) is 4.43. The van der Waals surface area contributed by atoms with Gasteiger partial charge in [0.2, 0.25) is 0 Å². The number of piperazine rings is 1. The molecule has 0 saturated carbocycles. The fraction of sp³-hybridized carbons (Fsp3) is 1.00. The van der Waals surface area contributed by atoms with Gasteiger partial charge < -0.3 is 20.4 Å². The lowest BCUT2D eigenvalue weighted by Crippen LogP contribution is -2.46. The lowest BCUT2D eigenvalue weighted by atomic mass is 9.98. The standard InChI is InChI=1S/C15H32N4/c1-14(12-19-8-5-16-6-9-19)10-17-11-15-4-3-7-18(2)13-15/h14-17H,3-13H2,1-2H3. The number of hydrogen-bond acceptors (Lipinski definition) is 4. The number of hydrogen-bond donors (Lipinski definition) is 2. The molecule has 2 aliphatic heterocycles. The van der Waals surface area contributed by atoms with Crippen molar-refractivity contribution in [1.82, 2.24) is 20.4 Å². The molecule has 0 aromatic heterocycles. The Morgan fingerprint density at radius 3 is 2.79 bits per heavy atom. The average molecular weight is 268 g/mol. The maximum absolute atomic E-state index is 3.70. The van der Waals surface area contributed by atoms with E-state index in [0.717, 1.165) is 24.9 Å². The minimum absolute atomic E-state index is 0.763. The summed E-state index contributed by atoms with van der Waals surface area (Å²) in [6.07, 6.45) is 2.78. The summed E-state index contributed by atoms with van der Waals surface area (Å²) in [6.45, 7) is 13.3. The maximum Gasteiger partial charge on any atom is 0.0107 e. The largest absolute Gasteiger partial charge is 0.316 e. The summed E-state index contributed by atoms with van der Waals surface area (Å²) in [5.74, 6) is 1.63. The SMILES string of the molecule is CC(CNCC1CCCN(C)C1)CN1CCNCC1. The molecule has 2 rings (SSSR count). The van der Waals surface area contributed by atoms with Crippen LogP contribution in [0.1, 0.15) is 19.8 Å². The maximum atomic E-state index is 3.70. The molecule has 2 unspecified atom stereocenters. The Morgan fingerprint density at radius 1 is 1.26 bits per heavy atom. The molecule has 0 bridgehead atoms. The summed E-state index contributed by atoms with van der Waals surface area (Å²) in [7, 11) is 2.25. The van der Waals surface area contributed by atoms with Crippen LogP contribution in [0.2, 0.25) is 0 Å². The van der Waals surface area contributed by atoms with E-state index in [1.807, 2.05) is 0 Å². The number of likely N-dealkylation sites (tertiary alicyclic amines) is 1. The van der Waals surface area contributed by atoms with Crippen LogP contribution in [0.5, 0.6) is 0 Å². The second kappa shape index (κ2) is 8.20. The molecule has 4 nitrogen and oxygen atoms in total. The van der Waals surface area contributed by atoms with Crippen molar-refractivity contribution < 1.29 is 0 Å². The van der Waals surface area contributed by atoms with E-state index in [0.29, 0.717) is 0 Å². The van der Waals surface area contributed by atoms with Crippen LogP contribution in [-0.4, -0.2) is 75.8 Å². The van der Waals surface area contributed by atoms with E-state index in [4.69, 9.17) is 0 Å². The zero-order chi connectivity index (χ0) is 13.5.